The highest BCUT2D eigenvalue weighted by atomic mass is 14.7. The molecule has 1 aliphatic carbocycles. The van der Waals surface area contributed by atoms with Gasteiger partial charge in [0, 0.05) is 40.8 Å². The van der Waals surface area contributed by atoms with Gasteiger partial charge in [-0.3, -0.25) is 15.0 Å². The third-order valence-corrected chi connectivity index (χ3v) is 11.0. The minimum atomic E-state index is -1.60. The summed E-state index contributed by atoms with van der Waals surface area (Å²) in [7, 11) is 0. The number of rotatable bonds is 13. The topological polar surface area (TPSA) is 38.7 Å². The maximum atomic E-state index is 9.78. The second-order valence-corrected chi connectivity index (χ2v) is 15.1. The van der Waals surface area contributed by atoms with E-state index in [0.717, 1.165) is 74.4 Å². The van der Waals surface area contributed by atoms with Gasteiger partial charge in [0.15, 0.2) is 0 Å². The molecule has 7 aromatic rings. The Morgan fingerprint density at radius 1 is 0.473 bits per heavy atom. The van der Waals surface area contributed by atoms with Crippen LogP contribution in [0.25, 0.3) is 44.9 Å². The fourth-order valence-corrected chi connectivity index (χ4v) is 7.95. The summed E-state index contributed by atoms with van der Waals surface area (Å²) in [5.74, 6) is -0.492. The van der Waals surface area contributed by atoms with Crippen molar-refractivity contribution in [1.82, 2.24) is 15.0 Å². The Morgan fingerprint density at radius 2 is 0.964 bits per heavy atom. The lowest BCUT2D eigenvalue weighted by atomic mass is 9.70. The van der Waals surface area contributed by atoms with Crippen LogP contribution in [-0.2, 0) is 19.3 Å². The average Bonchev–Trinajstić information content (AvgIpc) is 3.27. The second kappa shape index (κ2) is 17.6. The summed E-state index contributed by atoms with van der Waals surface area (Å²) >= 11 is 0. The molecule has 3 nitrogen and oxygen atoms in total. The van der Waals surface area contributed by atoms with Crippen LogP contribution in [0.5, 0.6) is 0 Å². The first-order valence-corrected chi connectivity index (χ1v) is 19.7. The molecule has 3 heteroatoms. The van der Waals surface area contributed by atoms with Gasteiger partial charge in [0.2, 0.25) is 0 Å². The van der Waals surface area contributed by atoms with Gasteiger partial charge in [-0.1, -0.05) is 133 Å². The Hall–Kier alpha value is -5.67. The first-order chi connectivity index (χ1) is 28.6. The molecule has 3 aromatic heterocycles. The van der Waals surface area contributed by atoms with Crippen molar-refractivity contribution in [2.75, 3.05) is 0 Å². The highest BCUT2D eigenvalue weighted by molar-refractivity contribution is 5.73. The number of aryl methyl sites for hydroxylation is 4. The van der Waals surface area contributed by atoms with Crippen molar-refractivity contribution >= 4 is 0 Å². The second-order valence-electron chi connectivity index (χ2n) is 15.1. The monoisotopic (exact) mass is 721 g/mol. The zero-order valence-corrected chi connectivity index (χ0v) is 31.6. The molecule has 0 aliphatic heterocycles. The highest BCUT2D eigenvalue weighted by Gasteiger charge is 2.29. The highest BCUT2D eigenvalue weighted by Crippen LogP contribution is 2.41. The van der Waals surface area contributed by atoms with Crippen LogP contribution in [0.1, 0.15) is 66.2 Å². The van der Waals surface area contributed by atoms with E-state index in [1.54, 1.807) is 0 Å². The van der Waals surface area contributed by atoms with Crippen LogP contribution in [0.15, 0.2) is 164 Å². The van der Waals surface area contributed by atoms with Crippen LogP contribution < -0.4 is 0 Å². The Bertz CT molecular complexity index is 2420. The lowest BCUT2D eigenvalue weighted by Crippen LogP contribution is -2.24. The molecule has 1 saturated carbocycles. The summed E-state index contributed by atoms with van der Waals surface area (Å²) in [6.45, 7) is 2.08. The molecule has 0 radical (unpaired) electrons. The third-order valence-electron chi connectivity index (χ3n) is 11.0. The first-order valence-electron chi connectivity index (χ1n) is 21.7. The normalized spacial score (nSPS) is 18.5. The maximum absolute atomic E-state index is 9.78. The van der Waals surface area contributed by atoms with Gasteiger partial charge in [-0.2, -0.15) is 0 Å². The molecule has 8 rings (SSSR count). The van der Waals surface area contributed by atoms with Gasteiger partial charge < -0.3 is 0 Å². The van der Waals surface area contributed by atoms with Gasteiger partial charge in [-0.05, 0) is 128 Å². The van der Waals surface area contributed by atoms with E-state index in [1.807, 2.05) is 97.5 Å². The Kier molecular flexibility index (Phi) is 10.2. The molecule has 1 fully saturated rings. The summed E-state index contributed by atoms with van der Waals surface area (Å²) in [5.41, 5.74) is 11.9. The number of hydrogen-bond donors (Lipinski definition) is 0. The molecule has 3 unspecified atom stereocenters. The number of nitrogens with zero attached hydrogens (tertiary/aromatic N) is 3. The quantitative estimate of drug-likeness (QED) is 0.119. The van der Waals surface area contributed by atoms with E-state index < -0.39 is 12.7 Å². The van der Waals surface area contributed by atoms with Gasteiger partial charge in [-0.25, -0.2) is 0 Å². The average molecular weight is 722 g/mol. The lowest BCUT2D eigenvalue weighted by Gasteiger charge is -2.35. The van der Waals surface area contributed by atoms with Gasteiger partial charge in [0.1, 0.15) is 0 Å². The fraction of sp³-hybridized carbons (Fsp3) is 0.250. The Balaban J connectivity index is 1.06. The molecule has 274 valence electrons. The number of pyridine rings is 3. The number of benzene rings is 4. The van der Waals surface area contributed by atoms with E-state index in [1.165, 1.54) is 5.56 Å². The fourth-order valence-electron chi connectivity index (χ4n) is 7.95. The van der Waals surface area contributed by atoms with Crippen molar-refractivity contribution in [3.63, 3.8) is 0 Å². The van der Waals surface area contributed by atoms with Gasteiger partial charge in [-0.15, -0.1) is 0 Å². The van der Waals surface area contributed by atoms with E-state index in [9.17, 15) is 5.48 Å². The van der Waals surface area contributed by atoms with Crippen LogP contribution in [-0.4, -0.2) is 15.0 Å². The first kappa shape index (κ1) is 31.7. The molecule has 0 N–H and O–H groups in total. The van der Waals surface area contributed by atoms with Gasteiger partial charge in [0.25, 0.3) is 0 Å². The molecule has 0 saturated heterocycles. The van der Waals surface area contributed by atoms with Crippen molar-refractivity contribution in [1.29, 1.82) is 0 Å². The Labute approximate surface area is 333 Å². The number of aromatic nitrogens is 3. The van der Waals surface area contributed by atoms with Crippen molar-refractivity contribution in [3.05, 3.63) is 186 Å². The van der Waals surface area contributed by atoms with Crippen LogP contribution in [0.2, 0.25) is 0 Å². The molecule has 0 bridgehead atoms. The van der Waals surface area contributed by atoms with E-state index in [2.05, 4.69) is 73.7 Å². The minimum Gasteiger partial charge on any atom is -0.256 e. The van der Waals surface area contributed by atoms with Crippen molar-refractivity contribution < 1.29 is 5.48 Å². The third kappa shape index (κ3) is 9.53. The summed E-state index contributed by atoms with van der Waals surface area (Å²) in [5, 5.41) is 0. The zero-order valence-electron chi connectivity index (χ0n) is 35.6. The summed E-state index contributed by atoms with van der Waals surface area (Å²) in [4.78, 5) is 14.4. The summed E-state index contributed by atoms with van der Waals surface area (Å²) < 4.78 is 38.7. The van der Waals surface area contributed by atoms with Crippen molar-refractivity contribution in [2.24, 2.45) is 17.8 Å². The summed E-state index contributed by atoms with van der Waals surface area (Å²) in [6, 6.07) is 49.1. The van der Waals surface area contributed by atoms with Crippen LogP contribution in [0.4, 0.5) is 0 Å². The molecule has 1 aliphatic rings. The van der Waals surface area contributed by atoms with Crippen LogP contribution in [0.3, 0.4) is 0 Å². The maximum Gasteiger partial charge on any atom is 0.0708 e. The molecule has 55 heavy (non-hydrogen) atoms. The van der Waals surface area contributed by atoms with Crippen LogP contribution in [0, 0.1) is 24.7 Å². The molecular formula is C52H51N3. The van der Waals surface area contributed by atoms with Crippen LogP contribution >= 0.6 is 0 Å². The summed E-state index contributed by atoms with van der Waals surface area (Å²) in [6.07, 6.45) is 6.48. The van der Waals surface area contributed by atoms with E-state index >= 15 is 0 Å². The van der Waals surface area contributed by atoms with E-state index in [0.29, 0.717) is 19.3 Å². The van der Waals surface area contributed by atoms with Crippen molar-refractivity contribution in [2.45, 2.75) is 64.6 Å². The van der Waals surface area contributed by atoms with Crippen molar-refractivity contribution in [3.8, 4) is 44.9 Å². The number of hydrogen-bond acceptors (Lipinski definition) is 3. The lowest BCUT2D eigenvalue weighted by molar-refractivity contribution is 0.172. The predicted octanol–water partition coefficient (Wildman–Crippen LogP) is 13.1. The zero-order chi connectivity index (χ0) is 40.8. The largest absolute Gasteiger partial charge is 0.256 e. The predicted molar refractivity (Wildman–Crippen MR) is 228 cm³/mol. The van der Waals surface area contributed by atoms with Gasteiger partial charge in [0.05, 0.1) is 17.1 Å². The molecule has 0 amide bonds. The molecule has 4 aromatic carbocycles. The van der Waals surface area contributed by atoms with E-state index in [-0.39, 0.29) is 30.6 Å². The van der Waals surface area contributed by atoms with Gasteiger partial charge >= 0.3 is 0 Å². The SMILES string of the molecule is [2H]C([2H])(Cc1ccc(-c2ccccc2)nc1)C1CC(CCc2ccc(-c3ccccc3)nc2)CC(C([2H])([2H])Cc2cnc(-c3ccccc3)cc2-c2ccc(C)cc2)C1. The molecule has 3 heterocycles. The van der Waals surface area contributed by atoms with E-state index in [4.69, 9.17) is 15.0 Å². The molecule has 3 atom stereocenters. The molecular weight excluding hydrogens is 667 g/mol. The molecule has 0 spiro atoms. The Morgan fingerprint density at radius 3 is 1.51 bits per heavy atom. The smallest absolute Gasteiger partial charge is 0.0708 e. The standard InChI is InChI=1S/C52H51N3/c1-38-17-26-44(27-18-38)49-34-52(47-15-9-4-10-16-47)55-37-48(49)28-23-43-32-41(21-19-39-24-29-50(53-35-39)45-11-5-2-6-12-45)31-42(33-43)22-20-40-25-30-51(54-36-40)46-13-7-3-8-14-46/h2-18,24-27,29-30,34-37,41-43H,19-23,28,31-33H2,1H3/i21D2,23D2. The minimum absolute atomic E-state index is 0.159.